The molecule has 27 heavy (non-hydrogen) atoms. The zero-order chi connectivity index (χ0) is 19.4. The molecule has 1 saturated heterocycles. The Bertz CT molecular complexity index is 837. The number of methoxy groups -OCH3 is 1. The van der Waals surface area contributed by atoms with E-state index in [1.165, 1.54) is 18.7 Å². The molecule has 0 amide bonds. The number of hydrogen-bond donors (Lipinski definition) is 0. The van der Waals surface area contributed by atoms with Crippen molar-refractivity contribution in [3.05, 3.63) is 62.2 Å². The second kappa shape index (κ2) is 7.96. The van der Waals surface area contributed by atoms with Gasteiger partial charge in [0.25, 0.3) is 0 Å². The summed E-state index contributed by atoms with van der Waals surface area (Å²) in [5, 5.41) is 22.5. The fraction of sp³-hybridized carbons (Fsp3) is 0.353. The topological polar surface area (TPSA) is 115 Å². The highest BCUT2D eigenvalue weighted by Crippen LogP contribution is 2.36. The van der Waals surface area contributed by atoms with Gasteiger partial charge in [-0.25, -0.2) is 0 Å². The van der Waals surface area contributed by atoms with Crippen molar-refractivity contribution < 1.29 is 14.6 Å². The van der Waals surface area contributed by atoms with E-state index in [0.717, 1.165) is 6.54 Å². The Labute approximate surface area is 155 Å². The molecule has 0 radical (unpaired) electrons. The Balaban J connectivity index is 1.78. The largest absolute Gasteiger partial charge is 0.489 e. The molecule has 142 valence electrons. The number of pyridine rings is 1. The molecule has 0 saturated carbocycles. The average molecular weight is 373 g/mol. The number of nitrogens with zero attached hydrogens (tertiary/aromatic N) is 5. The first-order chi connectivity index (χ1) is 13.0. The molecule has 1 fully saturated rings. The number of anilines is 1. The van der Waals surface area contributed by atoms with Gasteiger partial charge in [-0.2, -0.15) is 0 Å². The van der Waals surface area contributed by atoms with Crippen LogP contribution in [0.4, 0.5) is 17.3 Å². The van der Waals surface area contributed by atoms with Crippen LogP contribution >= 0.6 is 0 Å². The summed E-state index contributed by atoms with van der Waals surface area (Å²) in [6.45, 7) is 3.34. The Morgan fingerprint density at radius 2 is 1.67 bits per heavy atom. The quantitative estimate of drug-likeness (QED) is 0.559. The number of rotatable bonds is 6. The number of nitro groups is 2. The SMILES string of the molecule is COc1cc(N2CCN(Cc3ccccc3)CC2)c([N+](=O)[O-])nc1[N+](=O)[O-]. The lowest BCUT2D eigenvalue weighted by molar-refractivity contribution is -0.403. The van der Waals surface area contributed by atoms with Gasteiger partial charge in [-0.05, 0) is 15.4 Å². The Morgan fingerprint density at radius 3 is 2.22 bits per heavy atom. The molecule has 3 rings (SSSR count). The number of piperazine rings is 1. The second-order valence-corrected chi connectivity index (χ2v) is 6.12. The molecule has 2 aromatic rings. The van der Waals surface area contributed by atoms with E-state index >= 15 is 0 Å². The predicted octanol–water partition coefficient (Wildman–Crippen LogP) is 2.23. The Kier molecular flexibility index (Phi) is 5.46. The van der Waals surface area contributed by atoms with E-state index in [9.17, 15) is 20.2 Å². The van der Waals surface area contributed by atoms with Gasteiger partial charge >= 0.3 is 11.6 Å². The van der Waals surface area contributed by atoms with E-state index in [1.54, 1.807) is 0 Å². The van der Waals surface area contributed by atoms with Crippen LogP contribution in [0.5, 0.6) is 5.75 Å². The maximum Gasteiger partial charge on any atom is 0.410 e. The molecule has 1 aromatic heterocycles. The lowest BCUT2D eigenvalue weighted by Gasteiger charge is -2.35. The van der Waals surface area contributed by atoms with Crippen molar-refractivity contribution in [3.8, 4) is 5.75 Å². The zero-order valence-electron chi connectivity index (χ0n) is 14.8. The van der Waals surface area contributed by atoms with Gasteiger partial charge in [0.15, 0.2) is 0 Å². The summed E-state index contributed by atoms with van der Waals surface area (Å²) in [4.78, 5) is 28.7. The van der Waals surface area contributed by atoms with Gasteiger partial charge in [0.1, 0.15) is 5.69 Å². The molecule has 0 atom stereocenters. The third-order valence-electron chi connectivity index (χ3n) is 4.46. The van der Waals surface area contributed by atoms with Gasteiger partial charge in [-0.1, -0.05) is 30.3 Å². The summed E-state index contributed by atoms with van der Waals surface area (Å²) in [7, 11) is 1.28. The van der Waals surface area contributed by atoms with Gasteiger partial charge in [-0.3, -0.25) is 4.90 Å². The fourth-order valence-electron chi connectivity index (χ4n) is 3.10. The Hall–Kier alpha value is -3.27. The van der Waals surface area contributed by atoms with Crippen LogP contribution in [0.15, 0.2) is 36.4 Å². The molecule has 2 heterocycles. The fourth-order valence-corrected chi connectivity index (χ4v) is 3.10. The molecule has 1 aromatic carbocycles. The molecule has 1 aliphatic rings. The van der Waals surface area contributed by atoms with E-state index in [4.69, 9.17) is 4.74 Å². The summed E-state index contributed by atoms with van der Waals surface area (Å²) >= 11 is 0. The maximum absolute atomic E-state index is 11.4. The second-order valence-electron chi connectivity index (χ2n) is 6.12. The third-order valence-corrected chi connectivity index (χ3v) is 4.46. The highest BCUT2D eigenvalue weighted by atomic mass is 16.6. The molecule has 0 spiro atoms. The normalized spacial score (nSPS) is 14.8. The standard InChI is InChI=1S/C17H19N5O5/c1-27-15-11-14(16(21(23)24)18-17(15)22(25)26)20-9-7-19(8-10-20)12-13-5-3-2-4-6-13/h2-6,11H,7-10,12H2,1H3. The molecule has 0 unspecified atom stereocenters. The third kappa shape index (κ3) is 4.11. The predicted molar refractivity (Wildman–Crippen MR) is 98.0 cm³/mol. The lowest BCUT2D eigenvalue weighted by Crippen LogP contribution is -2.46. The van der Waals surface area contributed by atoms with Crippen molar-refractivity contribution in [2.24, 2.45) is 0 Å². The van der Waals surface area contributed by atoms with Crippen molar-refractivity contribution in [3.63, 3.8) is 0 Å². The molecule has 0 N–H and O–H groups in total. The molecular weight excluding hydrogens is 354 g/mol. The van der Waals surface area contributed by atoms with Crippen LogP contribution in [0, 0.1) is 20.2 Å². The minimum absolute atomic E-state index is 0.0904. The van der Waals surface area contributed by atoms with Crippen LogP contribution in [0.25, 0.3) is 0 Å². The van der Waals surface area contributed by atoms with E-state index < -0.39 is 21.5 Å². The lowest BCUT2D eigenvalue weighted by atomic mass is 10.2. The molecule has 10 nitrogen and oxygen atoms in total. The molecular formula is C17H19N5O5. The maximum atomic E-state index is 11.4. The monoisotopic (exact) mass is 373 g/mol. The van der Waals surface area contributed by atoms with Gasteiger partial charge in [0.05, 0.1) is 7.11 Å². The number of aromatic nitrogens is 1. The minimum Gasteiger partial charge on any atom is -0.489 e. The van der Waals surface area contributed by atoms with Gasteiger partial charge < -0.3 is 29.9 Å². The van der Waals surface area contributed by atoms with Crippen LogP contribution in [0.3, 0.4) is 0 Å². The molecule has 10 heteroatoms. The van der Waals surface area contributed by atoms with Crippen molar-refractivity contribution in [2.45, 2.75) is 6.54 Å². The summed E-state index contributed by atoms with van der Waals surface area (Å²) in [6.07, 6.45) is 0. The zero-order valence-corrected chi connectivity index (χ0v) is 14.8. The van der Waals surface area contributed by atoms with Gasteiger partial charge in [0, 0.05) is 43.8 Å². The van der Waals surface area contributed by atoms with Crippen molar-refractivity contribution in [1.82, 2.24) is 9.88 Å². The highest BCUT2D eigenvalue weighted by Gasteiger charge is 2.31. The van der Waals surface area contributed by atoms with Crippen LogP contribution in [0.2, 0.25) is 0 Å². The molecule has 0 aliphatic carbocycles. The molecule has 1 aliphatic heterocycles. The summed E-state index contributed by atoms with van der Waals surface area (Å²) < 4.78 is 5.01. The van der Waals surface area contributed by atoms with Crippen molar-refractivity contribution in [1.29, 1.82) is 0 Å². The van der Waals surface area contributed by atoms with Crippen LogP contribution in [0.1, 0.15) is 5.56 Å². The number of ether oxygens (including phenoxy) is 1. The van der Waals surface area contributed by atoms with Crippen molar-refractivity contribution >= 4 is 17.3 Å². The van der Waals surface area contributed by atoms with Crippen LogP contribution in [-0.2, 0) is 6.54 Å². The van der Waals surface area contributed by atoms with Gasteiger partial charge in [0.2, 0.25) is 5.75 Å². The first-order valence-corrected chi connectivity index (χ1v) is 8.38. The van der Waals surface area contributed by atoms with E-state index in [-0.39, 0.29) is 11.4 Å². The van der Waals surface area contributed by atoms with E-state index in [1.807, 2.05) is 23.1 Å². The van der Waals surface area contributed by atoms with Gasteiger partial charge in [-0.15, -0.1) is 0 Å². The van der Waals surface area contributed by atoms with Crippen LogP contribution in [-0.4, -0.2) is 53.0 Å². The first kappa shape index (κ1) is 18.5. The summed E-state index contributed by atoms with van der Waals surface area (Å²) in [5.74, 6) is -1.28. The average Bonchev–Trinajstić information content (AvgIpc) is 2.68. The van der Waals surface area contributed by atoms with Crippen molar-refractivity contribution in [2.75, 3.05) is 38.2 Å². The minimum atomic E-state index is -0.784. The highest BCUT2D eigenvalue weighted by molar-refractivity contribution is 5.66. The summed E-state index contributed by atoms with van der Waals surface area (Å²) in [6, 6.07) is 11.4. The van der Waals surface area contributed by atoms with Crippen LogP contribution < -0.4 is 9.64 Å². The number of hydrogen-bond acceptors (Lipinski definition) is 8. The van der Waals surface area contributed by atoms with E-state index in [2.05, 4.69) is 22.0 Å². The smallest absolute Gasteiger partial charge is 0.410 e. The first-order valence-electron chi connectivity index (χ1n) is 8.38. The summed E-state index contributed by atoms with van der Waals surface area (Å²) in [5.41, 5.74) is 1.44. The number of benzene rings is 1. The van der Waals surface area contributed by atoms with E-state index in [0.29, 0.717) is 26.2 Å². The molecule has 0 bridgehead atoms. The Morgan fingerprint density at radius 1 is 1.04 bits per heavy atom.